The number of anilines is 1. The molecule has 122 valence electrons. The van der Waals surface area contributed by atoms with E-state index in [0.29, 0.717) is 0 Å². The summed E-state index contributed by atoms with van der Waals surface area (Å²) in [6, 6.07) is 5.72. The smallest absolute Gasteiger partial charge is 0.373 e. The zero-order chi connectivity index (χ0) is 17.1. The highest BCUT2D eigenvalue weighted by molar-refractivity contribution is 6.37. The molecule has 2 rings (SSSR count). The van der Waals surface area contributed by atoms with E-state index in [9.17, 15) is 9.59 Å². The maximum absolute atomic E-state index is 12.2. The first-order valence-electron chi connectivity index (χ1n) is 6.47. The number of rotatable bonds is 4. The number of furan rings is 1. The topological polar surface area (TPSA) is 91.8 Å². The van der Waals surface area contributed by atoms with Gasteiger partial charge in [-0.15, -0.1) is 0 Å². The molecule has 23 heavy (non-hydrogen) atoms. The van der Waals surface area contributed by atoms with E-state index in [1.165, 1.54) is 31.4 Å². The minimum atomic E-state index is -0.752. The van der Waals surface area contributed by atoms with E-state index in [1.54, 1.807) is 6.92 Å². The largest absolute Gasteiger partial charge is 0.463 e. The second-order valence-electron chi connectivity index (χ2n) is 4.59. The summed E-state index contributed by atoms with van der Waals surface area (Å²) in [6.45, 7) is 1.58. The average Bonchev–Trinajstić information content (AvgIpc) is 2.99. The lowest BCUT2D eigenvalue weighted by atomic mass is 10.2. The van der Waals surface area contributed by atoms with Gasteiger partial charge in [-0.3, -0.25) is 0 Å². The molecule has 1 atom stereocenters. The molecule has 8 heteroatoms. The van der Waals surface area contributed by atoms with Gasteiger partial charge < -0.3 is 19.6 Å². The Balaban J connectivity index is 2.17. The van der Waals surface area contributed by atoms with Crippen molar-refractivity contribution in [3.05, 3.63) is 51.4 Å². The van der Waals surface area contributed by atoms with Gasteiger partial charge in [-0.2, -0.15) is 0 Å². The molecular formula is C15H13Cl2NO5. The molecule has 0 aliphatic heterocycles. The van der Waals surface area contributed by atoms with Gasteiger partial charge >= 0.3 is 11.9 Å². The number of esters is 2. The number of hydrogen-bond donors (Lipinski definition) is 1. The summed E-state index contributed by atoms with van der Waals surface area (Å²) in [5, 5.41) is 0.415. The monoisotopic (exact) mass is 357 g/mol. The van der Waals surface area contributed by atoms with Gasteiger partial charge in [-0.25, -0.2) is 9.59 Å². The van der Waals surface area contributed by atoms with E-state index in [2.05, 4.69) is 4.74 Å². The van der Waals surface area contributed by atoms with Crippen LogP contribution in [0.1, 0.15) is 39.7 Å². The number of methoxy groups -OCH3 is 1. The van der Waals surface area contributed by atoms with Crippen LogP contribution in [-0.4, -0.2) is 19.0 Å². The molecule has 1 unspecified atom stereocenters. The fraction of sp³-hybridized carbons (Fsp3) is 0.200. The molecular weight excluding hydrogens is 345 g/mol. The van der Waals surface area contributed by atoms with Crippen molar-refractivity contribution >= 4 is 40.8 Å². The van der Waals surface area contributed by atoms with Crippen LogP contribution in [0.3, 0.4) is 0 Å². The van der Waals surface area contributed by atoms with E-state index in [-0.39, 0.29) is 32.8 Å². The zero-order valence-electron chi connectivity index (χ0n) is 12.3. The van der Waals surface area contributed by atoms with Gasteiger partial charge in [0, 0.05) is 5.02 Å². The number of benzene rings is 1. The molecule has 0 aliphatic carbocycles. The van der Waals surface area contributed by atoms with Crippen LogP contribution in [0, 0.1) is 0 Å². The Morgan fingerprint density at radius 2 is 1.91 bits per heavy atom. The molecule has 0 amide bonds. The van der Waals surface area contributed by atoms with Crippen molar-refractivity contribution in [3.8, 4) is 0 Å². The maximum atomic E-state index is 12.2. The van der Waals surface area contributed by atoms with Crippen molar-refractivity contribution in [1.82, 2.24) is 0 Å². The summed E-state index contributed by atoms with van der Waals surface area (Å²) >= 11 is 11.7. The second-order valence-corrected chi connectivity index (χ2v) is 5.43. The Morgan fingerprint density at radius 3 is 2.57 bits per heavy atom. The fourth-order valence-electron chi connectivity index (χ4n) is 1.82. The lowest BCUT2D eigenvalue weighted by Crippen LogP contribution is -2.11. The Morgan fingerprint density at radius 1 is 1.22 bits per heavy atom. The summed E-state index contributed by atoms with van der Waals surface area (Å²) in [4.78, 5) is 23.5. The number of carbonyl (C=O) groups excluding carboxylic acids is 2. The van der Waals surface area contributed by atoms with Gasteiger partial charge in [0.15, 0.2) is 6.10 Å². The van der Waals surface area contributed by atoms with Crippen LogP contribution in [0.2, 0.25) is 10.0 Å². The zero-order valence-corrected chi connectivity index (χ0v) is 13.8. The Hall–Kier alpha value is -2.18. The predicted molar refractivity (Wildman–Crippen MR) is 84.8 cm³/mol. The molecule has 0 bridgehead atoms. The van der Waals surface area contributed by atoms with Crippen molar-refractivity contribution in [1.29, 1.82) is 0 Å². The normalized spacial score (nSPS) is 11.8. The highest BCUT2D eigenvalue weighted by Gasteiger charge is 2.21. The molecule has 0 radical (unpaired) electrons. The minimum absolute atomic E-state index is 0.00992. The van der Waals surface area contributed by atoms with Crippen molar-refractivity contribution in [2.45, 2.75) is 13.0 Å². The SMILES string of the molecule is COC(=O)c1ccc(C(C)OC(=O)c2cc(Cl)cc(Cl)c2N)o1. The van der Waals surface area contributed by atoms with Crippen LogP contribution in [0.25, 0.3) is 0 Å². The quantitative estimate of drug-likeness (QED) is 0.659. The van der Waals surface area contributed by atoms with Gasteiger partial charge in [0.05, 0.1) is 23.4 Å². The second kappa shape index (κ2) is 6.93. The number of hydrogen-bond acceptors (Lipinski definition) is 6. The fourth-order valence-corrected chi connectivity index (χ4v) is 2.31. The first kappa shape index (κ1) is 17.2. The number of nitrogen functional groups attached to an aromatic ring is 1. The van der Waals surface area contributed by atoms with Crippen molar-refractivity contribution < 1.29 is 23.5 Å². The number of ether oxygens (including phenoxy) is 2. The van der Waals surface area contributed by atoms with Crippen LogP contribution in [0.4, 0.5) is 5.69 Å². The Labute approximate surface area is 142 Å². The first-order chi connectivity index (χ1) is 10.8. The van der Waals surface area contributed by atoms with E-state index in [4.69, 9.17) is 38.1 Å². The molecule has 0 saturated heterocycles. The highest BCUT2D eigenvalue weighted by Crippen LogP contribution is 2.29. The number of halogens is 2. The minimum Gasteiger partial charge on any atom is -0.463 e. The molecule has 1 aromatic heterocycles. The molecule has 6 nitrogen and oxygen atoms in total. The molecule has 0 aliphatic rings. The van der Waals surface area contributed by atoms with Crippen LogP contribution in [0.15, 0.2) is 28.7 Å². The summed E-state index contributed by atoms with van der Waals surface area (Å²) < 4.78 is 15.1. The third-order valence-electron chi connectivity index (χ3n) is 3.01. The maximum Gasteiger partial charge on any atom is 0.373 e. The van der Waals surface area contributed by atoms with Crippen LogP contribution in [0.5, 0.6) is 0 Å². The van der Waals surface area contributed by atoms with Gasteiger partial charge in [-0.1, -0.05) is 23.2 Å². The molecule has 1 heterocycles. The molecule has 1 aromatic carbocycles. The third kappa shape index (κ3) is 3.78. The van der Waals surface area contributed by atoms with Crippen molar-refractivity contribution in [2.75, 3.05) is 12.8 Å². The summed E-state index contributed by atoms with van der Waals surface area (Å²) in [6.07, 6.45) is -0.752. The molecule has 0 saturated carbocycles. The van der Waals surface area contributed by atoms with E-state index < -0.39 is 18.0 Å². The third-order valence-corrected chi connectivity index (χ3v) is 3.54. The van der Waals surface area contributed by atoms with Crippen LogP contribution >= 0.6 is 23.2 Å². The Bertz CT molecular complexity index is 756. The Kier molecular flexibility index (Phi) is 5.18. The van der Waals surface area contributed by atoms with E-state index in [1.807, 2.05) is 0 Å². The molecule has 0 spiro atoms. The lowest BCUT2D eigenvalue weighted by molar-refractivity contribution is 0.0287. The molecule has 0 fully saturated rings. The van der Waals surface area contributed by atoms with Crippen molar-refractivity contribution in [2.24, 2.45) is 0 Å². The predicted octanol–water partition coefficient (Wildman–Crippen LogP) is 3.87. The average molecular weight is 358 g/mol. The molecule has 2 N–H and O–H groups in total. The number of nitrogens with two attached hydrogens (primary N) is 1. The first-order valence-corrected chi connectivity index (χ1v) is 7.22. The van der Waals surface area contributed by atoms with Gasteiger partial charge in [-0.05, 0) is 31.2 Å². The molecule has 2 aromatic rings. The van der Waals surface area contributed by atoms with Crippen molar-refractivity contribution in [3.63, 3.8) is 0 Å². The summed E-state index contributed by atoms with van der Waals surface area (Å²) in [5.74, 6) is -1.04. The summed E-state index contributed by atoms with van der Waals surface area (Å²) in [7, 11) is 1.24. The van der Waals surface area contributed by atoms with Gasteiger partial charge in [0.2, 0.25) is 5.76 Å². The van der Waals surface area contributed by atoms with Gasteiger partial charge in [0.1, 0.15) is 5.76 Å². The van der Waals surface area contributed by atoms with Crippen LogP contribution < -0.4 is 5.73 Å². The van der Waals surface area contributed by atoms with Gasteiger partial charge in [0.25, 0.3) is 0 Å². The van der Waals surface area contributed by atoms with E-state index >= 15 is 0 Å². The summed E-state index contributed by atoms with van der Waals surface area (Å²) in [5.41, 5.74) is 5.87. The van der Waals surface area contributed by atoms with Crippen LogP contribution in [-0.2, 0) is 9.47 Å². The van der Waals surface area contributed by atoms with E-state index in [0.717, 1.165) is 0 Å². The number of carbonyl (C=O) groups is 2. The lowest BCUT2D eigenvalue weighted by Gasteiger charge is -2.13. The standard InChI is InChI=1S/C15H13Cl2NO5/c1-7(11-3-4-12(23-11)15(20)21-2)22-14(19)9-5-8(16)6-10(17)13(9)18/h3-7H,18H2,1-2H3. The highest BCUT2D eigenvalue weighted by atomic mass is 35.5.